The molecular formula is C14H20IN5. The van der Waals surface area contributed by atoms with Crippen molar-refractivity contribution in [3.05, 3.63) is 30.1 Å². The Balaban J connectivity index is 0.00000147. The lowest BCUT2D eigenvalue weighted by molar-refractivity contribution is 0.315. The van der Waals surface area contributed by atoms with E-state index in [2.05, 4.69) is 20.3 Å². The van der Waals surface area contributed by atoms with E-state index in [4.69, 9.17) is 5.73 Å². The van der Waals surface area contributed by atoms with Gasteiger partial charge in [-0.3, -0.25) is 0 Å². The minimum absolute atomic E-state index is 0. The summed E-state index contributed by atoms with van der Waals surface area (Å²) < 4.78 is 0. The van der Waals surface area contributed by atoms with Gasteiger partial charge >= 0.3 is 0 Å². The van der Waals surface area contributed by atoms with Gasteiger partial charge in [0.15, 0.2) is 5.96 Å². The van der Waals surface area contributed by atoms with Crippen LogP contribution < -0.4 is 11.1 Å². The number of hydrogen-bond donors (Lipinski definition) is 3. The van der Waals surface area contributed by atoms with E-state index in [0.29, 0.717) is 12.5 Å². The molecule has 1 saturated carbocycles. The van der Waals surface area contributed by atoms with Gasteiger partial charge in [-0.1, -0.05) is 6.42 Å². The van der Waals surface area contributed by atoms with Gasteiger partial charge in [0.2, 0.25) is 0 Å². The first kappa shape index (κ1) is 15.1. The Morgan fingerprint density at radius 2 is 2.25 bits per heavy atom. The highest BCUT2D eigenvalue weighted by Crippen LogP contribution is 2.24. The maximum absolute atomic E-state index is 5.84. The molecule has 20 heavy (non-hydrogen) atoms. The zero-order valence-corrected chi connectivity index (χ0v) is 13.6. The van der Waals surface area contributed by atoms with E-state index in [-0.39, 0.29) is 24.0 Å². The Labute approximate surface area is 135 Å². The number of rotatable bonds is 4. The maximum Gasteiger partial charge on any atom is 0.188 e. The van der Waals surface area contributed by atoms with Crippen LogP contribution in [0.25, 0.3) is 11.0 Å². The number of nitrogens with two attached hydrogens (primary N) is 1. The van der Waals surface area contributed by atoms with Crippen molar-refractivity contribution in [2.45, 2.75) is 25.8 Å². The van der Waals surface area contributed by atoms with Crippen LogP contribution in [0, 0.1) is 5.92 Å². The van der Waals surface area contributed by atoms with Crippen LogP contribution in [-0.2, 0) is 6.54 Å². The summed E-state index contributed by atoms with van der Waals surface area (Å²) >= 11 is 0. The van der Waals surface area contributed by atoms with Crippen molar-refractivity contribution in [1.29, 1.82) is 0 Å². The molecule has 5 nitrogen and oxygen atoms in total. The number of pyridine rings is 1. The van der Waals surface area contributed by atoms with Crippen LogP contribution in [-0.4, -0.2) is 22.5 Å². The summed E-state index contributed by atoms with van der Waals surface area (Å²) in [6.07, 6.45) is 5.86. The number of H-pyrrole nitrogens is 1. The van der Waals surface area contributed by atoms with Gasteiger partial charge < -0.3 is 16.0 Å². The topological polar surface area (TPSA) is 79.1 Å². The highest BCUT2D eigenvalue weighted by Gasteiger charge is 2.16. The van der Waals surface area contributed by atoms with Gasteiger partial charge in [-0.25, -0.2) is 9.98 Å². The van der Waals surface area contributed by atoms with Gasteiger partial charge in [-0.05, 0) is 37.0 Å². The number of nitrogens with zero attached hydrogens (tertiary/aromatic N) is 2. The van der Waals surface area contributed by atoms with Crippen LogP contribution >= 0.6 is 24.0 Å². The van der Waals surface area contributed by atoms with Crippen LogP contribution in [0.4, 0.5) is 0 Å². The Morgan fingerprint density at radius 3 is 3.00 bits per heavy atom. The van der Waals surface area contributed by atoms with Crippen molar-refractivity contribution >= 4 is 41.0 Å². The van der Waals surface area contributed by atoms with Crippen molar-refractivity contribution in [1.82, 2.24) is 15.3 Å². The summed E-state index contributed by atoms with van der Waals surface area (Å²) in [4.78, 5) is 11.9. The van der Waals surface area contributed by atoms with E-state index in [1.807, 2.05) is 24.4 Å². The minimum atomic E-state index is 0. The Kier molecular flexibility index (Phi) is 5.22. The van der Waals surface area contributed by atoms with Crippen molar-refractivity contribution in [3.8, 4) is 0 Å². The molecule has 1 aliphatic carbocycles. The molecule has 108 valence electrons. The molecule has 0 aliphatic heterocycles. The molecule has 0 saturated heterocycles. The molecule has 2 aromatic rings. The number of nitrogens with one attached hydrogen (secondary N) is 2. The molecule has 3 rings (SSSR count). The number of fused-ring (bicyclic) bond motifs is 1. The van der Waals surface area contributed by atoms with E-state index >= 15 is 0 Å². The molecule has 2 aromatic heterocycles. The second-order valence-electron chi connectivity index (χ2n) is 5.10. The second kappa shape index (κ2) is 6.92. The molecule has 4 N–H and O–H groups in total. The van der Waals surface area contributed by atoms with Crippen LogP contribution in [0.1, 0.15) is 25.0 Å². The molecule has 0 amide bonds. The van der Waals surface area contributed by atoms with Crippen molar-refractivity contribution < 1.29 is 0 Å². The summed E-state index contributed by atoms with van der Waals surface area (Å²) in [5.41, 5.74) is 7.66. The van der Waals surface area contributed by atoms with Gasteiger partial charge in [-0.15, -0.1) is 24.0 Å². The zero-order chi connectivity index (χ0) is 13.1. The lowest BCUT2D eigenvalue weighted by atomic mass is 9.85. The Hall–Kier alpha value is -1.31. The minimum Gasteiger partial charge on any atom is -0.370 e. The lowest BCUT2D eigenvalue weighted by Gasteiger charge is -2.25. The molecular weight excluding hydrogens is 365 g/mol. The monoisotopic (exact) mass is 385 g/mol. The molecule has 0 spiro atoms. The average molecular weight is 385 g/mol. The summed E-state index contributed by atoms with van der Waals surface area (Å²) in [5.74, 6) is 1.29. The van der Waals surface area contributed by atoms with E-state index in [0.717, 1.165) is 29.2 Å². The standard InChI is InChI=1S/C14H19N5.HI/c15-14(17-8-10-2-1-3-10)18-9-12-5-4-11-6-7-16-13(11)19-12;/h4-7,10H,1-3,8-9H2,(H,16,19)(H3,15,17,18);1H. The summed E-state index contributed by atoms with van der Waals surface area (Å²) in [6.45, 7) is 1.46. The normalized spacial score (nSPS) is 15.7. The van der Waals surface area contributed by atoms with E-state index in [1.165, 1.54) is 19.3 Å². The van der Waals surface area contributed by atoms with Gasteiger partial charge in [0.05, 0.1) is 12.2 Å². The molecule has 0 unspecified atom stereocenters. The van der Waals surface area contributed by atoms with Crippen LogP contribution in [0.5, 0.6) is 0 Å². The highest BCUT2D eigenvalue weighted by atomic mass is 127. The fraction of sp³-hybridized carbons (Fsp3) is 0.429. The third-order valence-electron chi connectivity index (χ3n) is 3.68. The number of aliphatic imine (C=N–C) groups is 1. The Morgan fingerprint density at radius 1 is 1.40 bits per heavy atom. The van der Waals surface area contributed by atoms with E-state index in [9.17, 15) is 0 Å². The Bertz CT molecular complexity index is 588. The first-order valence-electron chi connectivity index (χ1n) is 6.78. The van der Waals surface area contributed by atoms with Crippen molar-refractivity contribution in [3.63, 3.8) is 0 Å². The van der Waals surface area contributed by atoms with Crippen LogP contribution in [0.2, 0.25) is 0 Å². The SMILES string of the molecule is I.NC(=NCc1ccc2cc[nH]c2n1)NCC1CCC1. The van der Waals surface area contributed by atoms with Gasteiger partial charge in [0.25, 0.3) is 0 Å². The molecule has 0 aromatic carbocycles. The largest absolute Gasteiger partial charge is 0.370 e. The molecule has 2 heterocycles. The fourth-order valence-electron chi connectivity index (χ4n) is 2.23. The van der Waals surface area contributed by atoms with E-state index in [1.54, 1.807) is 0 Å². The number of hydrogen-bond acceptors (Lipinski definition) is 2. The smallest absolute Gasteiger partial charge is 0.188 e. The van der Waals surface area contributed by atoms with Gasteiger partial charge in [0, 0.05) is 18.1 Å². The summed E-state index contributed by atoms with van der Waals surface area (Å²) in [6, 6.07) is 6.03. The van der Waals surface area contributed by atoms with Crippen molar-refractivity contribution in [2.24, 2.45) is 16.6 Å². The molecule has 0 bridgehead atoms. The number of aromatic amines is 1. The first-order chi connectivity index (χ1) is 9.31. The molecule has 1 fully saturated rings. The molecule has 0 radical (unpaired) electrons. The number of aromatic nitrogens is 2. The summed E-state index contributed by atoms with van der Waals surface area (Å²) in [5, 5.41) is 4.29. The number of halogens is 1. The third kappa shape index (κ3) is 3.62. The predicted molar refractivity (Wildman–Crippen MR) is 92.2 cm³/mol. The van der Waals surface area contributed by atoms with Crippen molar-refractivity contribution in [2.75, 3.05) is 6.54 Å². The molecule has 1 aliphatic rings. The maximum atomic E-state index is 5.84. The quantitative estimate of drug-likeness (QED) is 0.430. The lowest BCUT2D eigenvalue weighted by Crippen LogP contribution is -2.37. The van der Waals surface area contributed by atoms with Gasteiger partial charge in [0.1, 0.15) is 5.65 Å². The first-order valence-corrected chi connectivity index (χ1v) is 6.78. The second-order valence-corrected chi connectivity index (χ2v) is 5.10. The predicted octanol–water partition coefficient (Wildman–Crippen LogP) is 2.39. The highest BCUT2D eigenvalue weighted by molar-refractivity contribution is 14.0. The molecule has 6 heteroatoms. The van der Waals surface area contributed by atoms with E-state index < -0.39 is 0 Å². The van der Waals surface area contributed by atoms with Crippen LogP contribution in [0.15, 0.2) is 29.4 Å². The molecule has 0 atom stereocenters. The third-order valence-corrected chi connectivity index (χ3v) is 3.68. The summed E-state index contributed by atoms with van der Waals surface area (Å²) in [7, 11) is 0. The zero-order valence-electron chi connectivity index (χ0n) is 11.3. The average Bonchev–Trinajstić information content (AvgIpc) is 2.81. The van der Waals surface area contributed by atoms with Gasteiger partial charge in [-0.2, -0.15) is 0 Å². The fourth-order valence-corrected chi connectivity index (χ4v) is 2.23. The van der Waals surface area contributed by atoms with Crippen LogP contribution in [0.3, 0.4) is 0 Å². The number of guanidine groups is 1.